The van der Waals surface area contributed by atoms with E-state index in [0.717, 1.165) is 41.0 Å². The number of aliphatic hydroxyl groups excluding tert-OH is 1. The van der Waals surface area contributed by atoms with Gasteiger partial charge in [0, 0.05) is 17.2 Å². The molecule has 4 amide bonds. The van der Waals surface area contributed by atoms with Gasteiger partial charge in [-0.15, -0.1) is 5.10 Å². The molecule has 1 saturated heterocycles. The third-order valence-corrected chi connectivity index (χ3v) is 5.36. The second-order valence-corrected chi connectivity index (χ2v) is 7.98. The number of nitrogens with zero attached hydrogens (tertiary/aromatic N) is 7. The number of β-amino-alcohol motifs (C(OH)–C–C–N with tert-alkyl or cyclic N) is 1. The van der Waals surface area contributed by atoms with Crippen LogP contribution in [-0.2, 0) is 15.8 Å². The van der Waals surface area contributed by atoms with Crippen molar-refractivity contribution in [3.05, 3.63) is 35.5 Å². The number of aromatic nitrogens is 4. The summed E-state index contributed by atoms with van der Waals surface area (Å²) in [6, 6.07) is 3.15. The van der Waals surface area contributed by atoms with Gasteiger partial charge in [-0.2, -0.15) is 18.4 Å². The highest BCUT2D eigenvalue weighted by Gasteiger charge is 2.42. The Hall–Kier alpha value is -4.32. The van der Waals surface area contributed by atoms with Gasteiger partial charge in [0.15, 0.2) is 5.82 Å². The Morgan fingerprint density at radius 1 is 1.28 bits per heavy atom. The SMILES string of the molecule is N#CCNC(=O)CN1C(=O)/C(=C/n2cnc(-c3cc(C4CC4)nc(C(F)(F)F)c3)n2)N(CCO)C1=O. The lowest BCUT2D eigenvalue weighted by atomic mass is 10.1. The van der Waals surface area contributed by atoms with Gasteiger partial charge in [-0.05, 0) is 25.0 Å². The molecule has 36 heavy (non-hydrogen) atoms. The quantitative estimate of drug-likeness (QED) is 0.305. The van der Waals surface area contributed by atoms with Crippen molar-refractivity contribution in [3.8, 4) is 17.5 Å². The number of rotatable bonds is 8. The zero-order valence-corrected chi connectivity index (χ0v) is 18.6. The fourth-order valence-electron chi connectivity index (χ4n) is 3.52. The number of amides is 4. The number of carbonyl (C=O) groups is 3. The normalized spacial score (nSPS) is 17.1. The predicted octanol–water partition coefficient (Wildman–Crippen LogP) is 0.931. The zero-order valence-electron chi connectivity index (χ0n) is 18.6. The number of imide groups is 1. The van der Waals surface area contributed by atoms with Gasteiger partial charge in [-0.1, -0.05) is 0 Å². The average Bonchev–Trinajstić information content (AvgIpc) is 3.55. The first-order chi connectivity index (χ1) is 17.1. The van der Waals surface area contributed by atoms with Crippen LogP contribution in [0.2, 0.25) is 0 Å². The first-order valence-electron chi connectivity index (χ1n) is 10.7. The van der Waals surface area contributed by atoms with E-state index in [1.165, 1.54) is 6.07 Å². The van der Waals surface area contributed by atoms with E-state index < -0.39 is 42.9 Å². The number of halogens is 3. The second kappa shape index (κ2) is 9.74. The average molecular weight is 504 g/mol. The van der Waals surface area contributed by atoms with Crippen molar-refractivity contribution in [1.82, 2.24) is 34.9 Å². The Labute approximate surface area is 201 Å². The number of urea groups is 1. The summed E-state index contributed by atoms with van der Waals surface area (Å²) < 4.78 is 41.1. The molecule has 1 aliphatic carbocycles. The van der Waals surface area contributed by atoms with Crippen molar-refractivity contribution in [2.24, 2.45) is 0 Å². The van der Waals surface area contributed by atoms with Crippen LogP contribution in [0.1, 0.15) is 30.1 Å². The number of carbonyl (C=O) groups excluding carboxylic acids is 3. The molecule has 1 aliphatic heterocycles. The monoisotopic (exact) mass is 504 g/mol. The van der Waals surface area contributed by atoms with E-state index in [1.54, 1.807) is 6.07 Å². The summed E-state index contributed by atoms with van der Waals surface area (Å²) in [6.07, 6.45) is -0.918. The summed E-state index contributed by atoms with van der Waals surface area (Å²) in [5.41, 5.74) is -0.908. The second-order valence-electron chi connectivity index (χ2n) is 7.98. The lowest BCUT2D eigenvalue weighted by Gasteiger charge is -2.15. The van der Waals surface area contributed by atoms with Crippen molar-refractivity contribution in [2.75, 3.05) is 26.2 Å². The Morgan fingerprint density at radius 3 is 2.67 bits per heavy atom. The van der Waals surface area contributed by atoms with Gasteiger partial charge in [0.25, 0.3) is 5.91 Å². The van der Waals surface area contributed by atoms with Gasteiger partial charge in [0.1, 0.15) is 30.8 Å². The largest absolute Gasteiger partial charge is 0.433 e. The fourth-order valence-corrected chi connectivity index (χ4v) is 3.52. The molecule has 0 atom stereocenters. The molecule has 2 N–H and O–H groups in total. The Kier molecular flexibility index (Phi) is 6.71. The van der Waals surface area contributed by atoms with Crippen LogP contribution in [0.15, 0.2) is 24.2 Å². The van der Waals surface area contributed by atoms with Gasteiger partial charge in [-0.3, -0.25) is 14.5 Å². The van der Waals surface area contributed by atoms with Gasteiger partial charge in [0.2, 0.25) is 5.91 Å². The molecule has 188 valence electrons. The van der Waals surface area contributed by atoms with Crippen molar-refractivity contribution >= 4 is 24.0 Å². The topological polar surface area (TPSA) is 157 Å². The fraction of sp³-hybridized carbons (Fsp3) is 0.381. The summed E-state index contributed by atoms with van der Waals surface area (Å²) in [7, 11) is 0. The van der Waals surface area contributed by atoms with E-state index in [0.29, 0.717) is 10.6 Å². The number of nitriles is 1. The van der Waals surface area contributed by atoms with Gasteiger partial charge in [0.05, 0.1) is 25.4 Å². The van der Waals surface area contributed by atoms with Gasteiger partial charge < -0.3 is 10.4 Å². The van der Waals surface area contributed by atoms with Crippen molar-refractivity contribution < 1.29 is 32.7 Å². The Morgan fingerprint density at radius 2 is 2.03 bits per heavy atom. The van der Waals surface area contributed by atoms with E-state index >= 15 is 0 Å². The maximum absolute atomic E-state index is 13.4. The number of hydrogen-bond acceptors (Lipinski definition) is 8. The highest BCUT2D eigenvalue weighted by atomic mass is 19.4. The lowest BCUT2D eigenvalue weighted by molar-refractivity contribution is -0.141. The molecule has 2 aromatic rings. The summed E-state index contributed by atoms with van der Waals surface area (Å²) >= 11 is 0. The van der Waals surface area contributed by atoms with Crippen molar-refractivity contribution in [3.63, 3.8) is 0 Å². The smallest absolute Gasteiger partial charge is 0.395 e. The summed E-state index contributed by atoms with van der Waals surface area (Å²) in [5.74, 6) is -1.71. The van der Waals surface area contributed by atoms with Crippen LogP contribution in [0.5, 0.6) is 0 Å². The molecular formula is C21H19F3N8O4. The molecule has 2 aliphatic rings. The van der Waals surface area contributed by atoms with Crippen LogP contribution in [0, 0.1) is 11.3 Å². The van der Waals surface area contributed by atoms with Crippen LogP contribution in [-0.4, -0.2) is 78.7 Å². The van der Waals surface area contributed by atoms with E-state index in [2.05, 4.69) is 20.4 Å². The van der Waals surface area contributed by atoms with Crippen molar-refractivity contribution in [1.29, 1.82) is 5.26 Å². The maximum Gasteiger partial charge on any atom is 0.433 e. The molecule has 2 aromatic heterocycles. The predicted molar refractivity (Wildman–Crippen MR) is 114 cm³/mol. The van der Waals surface area contributed by atoms with E-state index in [-0.39, 0.29) is 36.1 Å². The number of pyridine rings is 1. The molecule has 0 aromatic carbocycles. The van der Waals surface area contributed by atoms with E-state index in [4.69, 9.17) is 5.26 Å². The molecule has 0 bridgehead atoms. The minimum absolute atomic E-state index is 0.0549. The molecular weight excluding hydrogens is 485 g/mol. The van der Waals surface area contributed by atoms with Crippen LogP contribution in [0.4, 0.5) is 18.0 Å². The highest BCUT2D eigenvalue weighted by Crippen LogP contribution is 2.41. The lowest BCUT2D eigenvalue weighted by Crippen LogP contribution is -2.41. The van der Waals surface area contributed by atoms with Crippen LogP contribution in [0.25, 0.3) is 17.6 Å². The number of hydrogen-bond donors (Lipinski definition) is 2. The molecule has 0 unspecified atom stereocenters. The molecule has 0 radical (unpaired) electrons. The summed E-state index contributed by atoms with van der Waals surface area (Å²) in [5, 5.41) is 24.2. The molecule has 12 nitrogen and oxygen atoms in total. The van der Waals surface area contributed by atoms with Gasteiger partial charge in [-0.25, -0.2) is 24.3 Å². The number of alkyl halides is 3. The van der Waals surface area contributed by atoms with Gasteiger partial charge >= 0.3 is 12.2 Å². The zero-order chi connectivity index (χ0) is 26.0. The van der Waals surface area contributed by atoms with Crippen molar-refractivity contribution in [2.45, 2.75) is 24.9 Å². The minimum Gasteiger partial charge on any atom is -0.395 e. The Bertz CT molecular complexity index is 1280. The van der Waals surface area contributed by atoms with Crippen LogP contribution in [0.3, 0.4) is 0 Å². The summed E-state index contributed by atoms with van der Waals surface area (Å²) in [6.45, 7) is -1.72. The molecule has 2 fully saturated rings. The first kappa shape index (κ1) is 24.8. The van der Waals surface area contributed by atoms with E-state index in [9.17, 15) is 32.7 Å². The highest BCUT2D eigenvalue weighted by molar-refractivity contribution is 6.14. The molecule has 1 saturated carbocycles. The minimum atomic E-state index is -4.66. The van der Waals surface area contributed by atoms with E-state index in [1.807, 2.05) is 0 Å². The summed E-state index contributed by atoms with van der Waals surface area (Å²) in [4.78, 5) is 46.7. The Balaban J connectivity index is 1.63. The van der Waals surface area contributed by atoms with Crippen LogP contribution < -0.4 is 5.32 Å². The molecule has 0 spiro atoms. The maximum atomic E-state index is 13.4. The number of nitrogens with one attached hydrogen (secondary N) is 1. The third-order valence-electron chi connectivity index (χ3n) is 5.36. The third kappa shape index (κ3) is 5.18. The first-order valence-corrected chi connectivity index (χ1v) is 10.7. The number of aliphatic hydroxyl groups is 1. The van der Waals surface area contributed by atoms with Crippen LogP contribution >= 0.6 is 0 Å². The molecule has 4 rings (SSSR count). The molecule has 15 heteroatoms. The standard InChI is InChI=1S/C21H19F3N8O4/c22-21(23,24)16-8-13(7-14(28-16)12-1-2-12)18-27-11-30(29-18)9-15-19(35)32(10-17(34)26-4-3-25)20(36)31(15)5-6-33/h7-9,11-12,33H,1-2,4-6,10H2,(H,26,34)/b15-9-. The molecule has 3 heterocycles.